The molecule has 1 atom stereocenters. The molecule has 10 nitrogen and oxygen atoms in total. The Hall–Kier alpha value is -2.01. The van der Waals surface area contributed by atoms with Crippen molar-refractivity contribution < 1.29 is 47.1 Å². The lowest BCUT2D eigenvalue weighted by atomic mass is 10.1. The zero-order valence-corrected chi connectivity index (χ0v) is 24.9. The smallest absolute Gasteiger partial charge is 0.325 e. The second kappa shape index (κ2) is 26.2. The van der Waals surface area contributed by atoms with Gasteiger partial charge in [-0.05, 0) is 12.8 Å². The van der Waals surface area contributed by atoms with E-state index in [4.69, 9.17) is 19.5 Å². The minimum atomic E-state index is -4.84. The normalized spacial score (nSPS) is 11.8. The fourth-order valence-electron chi connectivity index (χ4n) is 3.87. The first-order valence-corrected chi connectivity index (χ1v) is 16.1. The molecule has 3 N–H and O–H groups in total. The van der Waals surface area contributed by atoms with Gasteiger partial charge in [-0.15, -0.1) is 0 Å². The first-order valence-electron chi connectivity index (χ1n) is 14.6. The van der Waals surface area contributed by atoms with Gasteiger partial charge in [0, 0.05) is 12.8 Å². The number of carboxylic acid groups (broad SMARTS) is 2. The van der Waals surface area contributed by atoms with Crippen LogP contribution < -0.4 is 0 Å². The van der Waals surface area contributed by atoms with Crippen molar-refractivity contribution in [1.82, 2.24) is 0 Å². The number of esters is 2. The monoisotopic (exact) mass is 580 g/mol. The van der Waals surface area contributed by atoms with E-state index in [1.165, 1.54) is 89.9 Å². The Morgan fingerprint density at radius 2 is 0.897 bits per heavy atom. The highest BCUT2D eigenvalue weighted by Gasteiger charge is 2.33. The lowest BCUT2D eigenvalue weighted by Gasteiger charge is -2.04. The van der Waals surface area contributed by atoms with Crippen LogP contribution in [0.4, 0.5) is 0 Å². The first kappa shape index (κ1) is 39.1. The molecule has 0 heterocycles. The second-order valence-corrected chi connectivity index (χ2v) is 11.5. The fraction of sp³-hybridized carbons (Fsp3) is 0.857. The maximum absolute atomic E-state index is 11.7. The number of hydrogen-bond donors (Lipinski definition) is 3. The Morgan fingerprint density at radius 3 is 1.13 bits per heavy atom. The molecule has 0 rings (SSSR count). The van der Waals surface area contributed by atoms with E-state index < -0.39 is 33.7 Å². The molecule has 0 aliphatic carbocycles. The molecular weight excluding hydrogens is 528 g/mol. The highest BCUT2D eigenvalue weighted by atomic mass is 32.2. The van der Waals surface area contributed by atoms with Gasteiger partial charge < -0.3 is 14.9 Å². The predicted octanol–water partition coefficient (Wildman–Crippen LogP) is 6.70. The van der Waals surface area contributed by atoms with Crippen molar-refractivity contribution in [3.05, 3.63) is 0 Å². The molecule has 0 bridgehead atoms. The second-order valence-electron chi connectivity index (χ2n) is 9.94. The van der Waals surface area contributed by atoms with Crippen LogP contribution in [0.5, 0.6) is 0 Å². The van der Waals surface area contributed by atoms with E-state index in [-0.39, 0.29) is 11.9 Å². The molecule has 1 unspecified atom stereocenters. The van der Waals surface area contributed by atoms with Gasteiger partial charge in [0.2, 0.25) is 0 Å². The molecule has 0 aliphatic heterocycles. The van der Waals surface area contributed by atoms with Crippen LogP contribution in [0.15, 0.2) is 0 Å². The summed E-state index contributed by atoms with van der Waals surface area (Å²) in [5, 5.41) is 13.9. The Kier molecular flexibility index (Phi) is 26.3. The molecule has 0 saturated heterocycles. The molecule has 0 amide bonds. The summed E-state index contributed by atoms with van der Waals surface area (Å²) < 4.78 is 33.6. The highest BCUT2D eigenvalue weighted by Crippen LogP contribution is 2.12. The fourth-order valence-corrected chi connectivity index (χ4v) is 4.48. The third kappa shape index (κ3) is 28.8. The zero-order chi connectivity index (χ0) is 29.9. The van der Waals surface area contributed by atoms with Gasteiger partial charge >= 0.3 is 23.9 Å². The van der Waals surface area contributed by atoms with E-state index in [1.807, 2.05) is 0 Å². The average Bonchev–Trinajstić information content (AvgIpc) is 2.84. The lowest BCUT2D eigenvalue weighted by Crippen LogP contribution is -2.31. The van der Waals surface area contributed by atoms with Gasteiger partial charge in [-0.3, -0.25) is 23.7 Å². The molecule has 0 aliphatic rings. The predicted molar refractivity (Wildman–Crippen MR) is 150 cm³/mol. The van der Waals surface area contributed by atoms with Gasteiger partial charge in [0.1, 0.15) is 0 Å². The molecule has 11 heteroatoms. The number of carboxylic acids is 2. The number of unbranched alkanes of at least 4 members (excludes halogenated alkanes) is 16. The van der Waals surface area contributed by atoms with Crippen molar-refractivity contribution >= 4 is 34.0 Å². The van der Waals surface area contributed by atoms with E-state index >= 15 is 0 Å². The molecule has 0 aromatic carbocycles. The molecule has 0 spiro atoms. The summed E-state index contributed by atoms with van der Waals surface area (Å²) in [6, 6.07) is 0. The first-order chi connectivity index (χ1) is 18.4. The van der Waals surface area contributed by atoms with Crippen LogP contribution in [-0.2, 0) is 34.0 Å². The Morgan fingerprint density at radius 1 is 0.590 bits per heavy atom. The van der Waals surface area contributed by atoms with Crippen molar-refractivity contribution in [1.29, 1.82) is 0 Å². The van der Waals surface area contributed by atoms with Crippen LogP contribution in [-0.4, -0.2) is 52.3 Å². The molecule has 0 radical (unpaired) electrons. The summed E-state index contributed by atoms with van der Waals surface area (Å²) in [7, 11) is -4.84. The van der Waals surface area contributed by atoms with Crippen molar-refractivity contribution in [2.45, 2.75) is 154 Å². The van der Waals surface area contributed by atoms with Crippen LogP contribution in [0.1, 0.15) is 149 Å². The number of aliphatic carboxylic acids is 2. The summed E-state index contributed by atoms with van der Waals surface area (Å²) in [6.45, 7) is 4.47. The maximum Gasteiger partial charge on any atom is 0.325 e. The topological polar surface area (TPSA) is 172 Å². The molecule has 0 aromatic rings. The number of carbonyl (C=O) groups is 4. The summed E-state index contributed by atoms with van der Waals surface area (Å²) in [5.41, 5.74) is 0. The number of rotatable bonds is 24. The van der Waals surface area contributed by atoms with Gasteiger partial charge in [0.25, 0.3) is 10.1 Å². The van der Waals surface area contributed by atoms with Crippen molar-refractivity contribution in [2.75, 3.05) is 0 Å². The molecule has 39 heavy (non-hydrogen) atoms. The van der Waals surface area contributed by atoms with E-state index in [0.29, 0.717) is 12.8 Å². The summed E-state index contributed by atoms with van der Waals surface area (Å²) in [4.78, 5) is 43.4. The van der Waals surface area contributed by atoms with E-state index in [9.17, 15) is 27.6 Å². The minimum absolute atomic E-state index is 0.334. The third-order valence-corrected chi connectivity index (χ3v) is 7.28. The summed E-state index contributed by atoms with van der Waals surface area (Å²) >= 11 is 0. The largest absolute Gasteiger partial charge is 0.481 e. The Labute approximate surface area is 235 Å². The average molecular weight is 581 g/mol. The number of carbonyl (C=O) groups excluding carboxylic acids is 2. The van der Waals surface area contributed by atoms with Gasteiger partial charge in [0.15, 0.2) is 5.25 Å². The van der Waals surface area contributed by atoms with E-state index in [0.717, 1.165) is 25.7 Å². The van der Waals surface area contributed by atoms with Crippen molar-refractivity contribution in [3.8, 4) is 0 Å². The van der Waals surface area contributed by atoms with E-state index in [1.54, 1.807) is 0 Å². The van der Waals surface area contributed by atoms with Gasteiger partial charge in [0.05, 0.1) is 6.42 Å². The van der Waals surface area contributed by atoms with Crippen molar-refractivity contribution in [2.24, 2.45) is 0 Å². The maximum atomic E-state index is 11.7. The Bertz CT molecular complexity index is 732. The Balaban J connectivity index is 0. The SMILES string of the molecule is CCCCCCCCCCCC(=O)OC(=O)CCCCCCCCCCC.O=C(O)CC(C(=O)O)S(=O)(=O)O. The van der Waals surface area contributed by atoms with Crippen LogP contribution in [0.2, 0.25) is 0 Å². The molecular formula is C28H52O10S. The standard InChI is InChI=1S/C24H46O3.C4H6O7S/c1-3-5-7-9-11-13-15-17-19-21-23(25)27-24(26)22-20-18-16-14-12-10-8-6-4-2;5-3(6)1-2(4(7)8)12(9,10)11/h3-22H2,1-2H3;2H,1H2,(H,5,6)(H,7,8)(H,9,10,11). The quantitative estimate of drug-likeness (QED) is 0.0482. The van der Waals surface area contributed by atoms with Crippen LogP contribution in [0.3, 0.4) is 0 Å². The van der Waals surface area contributed by atoms with Gasteiger partial charge in [-0.1, -0.05) is 117 Å². The summed E-state index contributed by atoms with van der Waals surface area (Å²) in [6.07, 6.45) is 21.6. The van der Waals surface area contributed by atoms with Crippen LogP contribution >= 0.6 is 0 Å². The molecule has 230 valence electrons. The van der Waals surface area contributed by atoms with Gasteiger partial charge in [-0.2, -0.15) is 8.42 Å². The lowest BCUT2D eigenvalue weighted by molar-refractivity contribution is -0.159. The van der Waals surface area contributed by atoms with E-state index in [2.05, 4.69) is 13.8 Å². The van der Waals surface area contributed by atoms with Crippen LogP contribution in [0.25, 0.3) is 0 Å². The minimum Gasteiger partial charge on any atom is -0.481 e. The number of hydrogen-bond acceptors (Lipinski definition) is 7. The summed E-state index contributed by atoms with van der Waals surface area (Å²) in [5.74, 6) is -4.17. The molecule has 0 fully saturated rings. The van der Waals surface area contributed by atoms with Crippen LogP contribution in [0, 0.1) is 0 Å². The van der Waals surface area contributed by atoms with Gasteiger partial charge in [-0.25, -0.2) is 0 Å². The highest BCUT2D eigenvalue weighted by molar-refractivity contribution is 7.87. The van der Waals surface area contributed by atoms with Crippen molar-refractivity contribution in [3.63, 3.8) is 0 Å². The molecule has 0 aromatic heterocycles. The molecule has 0 saturated carbocycles. The zero-order valence-electron chi connectivity index (χ0n) is 24.0. The third-order valence-electron chi connectivity index (χ3n) is 6.19. The number of ether oxygens (including phenoxy) is 1.